The Hall–Kier alpha value is -3.34. The Morgan fingerprint density at radius 1 is 0.920 bits per heavy atom. The van der Waals surface area contributed by atoms with Crippen molar-refractivity contribution in [2.75, 3.05) is 0 Å². The molecule has 0 bridgehead atoms. The Morgan fingerprint density at radius 2 is 1.52 bits per heavy atom. The van der Waals surface area contributed by atoms with Crippen LogP contribution in [0, 0.1) is 0 Å². The summed E-state index contributed by atoms with van der Waals surface area (Å²) < 4.78 is 11.0. The smallest absolute Gasteiger partial charge is 0.349 e. The van der Waals surface area contributed by atoms with Crippen molar-refractivity contribution in [1.82, 2.24) is 5.32 Å². The van der Waals surface area contributed by atoms with Gasteiger partial charge in [-0.25, -0.2) is 4.79 Å². The zero-order valence-electron chi connectivity index (χ0n) is 13.5. The summed E-state index contributed by atoms with van der Waals surface area (Å²) in [6, 6.07) is 17.7. The summed E-state index contributed by atoms with van der Waals surface area (Å²) in [4.78, 5) is 24.6. The second kappa shape index (κ2) is 5.94. The van der Waals surface area contributed by atoms with E-state index in [-0.39, 0.29) is 11.6 Å². The first kappa shape index (κ1) is 15.2. The molecule has 2 aromatic carbocycles. The number of nitrogens with one attached hydrogen (secondary N) is 1. The maximum absolute atomic E-state index is 12.5. The van der Waals surface area contributed by atoms with Crippen LogP contribution >= 0.6 is 0 Å². The molecule has 2 aromatic heterocycles. The van der Waals surface area contributed by atoms with Crippen molar-refractivity contribution in [3.63, 3.8) is 0 Å². The molecule has 1 N–H and O–H groups in total. The maximum atomic E-state index is 12.5. The largest absolute Gasteiger partial charge is 0.459 e. The van der Waals surface area contributed by atoms with E-state index in [0.717, 1.165) is 11.0 Å². The molecule has 0 saturated heterocycles. The van der Waals surface area contributed by atoms with E-state index in [0.29, 0.717) is 16.7 Å². The van der Waals surface area contributed by atoms with Crippen molar-refractivity contribution in [2.24, 2.45) is 0 Å². The molecule has 0 fully saturated rings. The van der Waals surface area contributed by atoms with Crippen molar-refractivity contribution in [3.8, 4) is 0 Å². The van der Waals surface area contributed by atoms with Crippen molar-refractivity contribution in [3.05, 3.63) is 82.4 Å². The molecule has 5 nitrogen and oxygen atoms in total. The molecule has 124 valence electrons. The summed E-state index contributed by atoms with van der Waals surface area (Å²) >= 11 is 0. The van der Waals surface area contributed by atoms with Gasteiger partial charge in [-0.3, -0.25) is 4.79 Å². The Bertz CT molecular complexity index is 1110. The van der Waals surface area contributed by atoms with Gasteiger partial charge in [0.05, 0.1) is 6.04 Å². The van der Waals surface area contributed by atoms with Gasteiger partial charge in [-0.1, -0.05) is 36.4 Å². The number of amides is 1. The minimum Gasteiger partial charge on any atom is -0.459 e. The molecular weight excluding hydrogens is 318 g/mol. The first-order valence-electron chi connectivity index (χ1n) is 7.94. The van der Waals surface area contributed by atoms with Crippen LogP contribution < -0.4 is 10.9 Å². The number of hydrogen-bond donors (Lipinski definition) is 1. The molecule has 1 amide bonds. The lowest BCUT2D eigenvalue weighted by atomic mass is 10.1. The minimum atomic E-state index is -0.659. The van der Waals surface area contributed by atoms with Gasteiger partial charge in [0, 0.05) is 10.8 Å². The molecule has 4 rings (SSSR count). The lowest BCUT2D eigenvalue weighted by molar-refractivity contribution is 0.0932. The number of carbonyl (C=O) groups is 1. The number of fused-ring (bicyclic) bond motifs is 2. The maximum Gasteiger partial charge on any atom is 0.349 e. The summed E-state index contributed by atoms with van der Waals surface area (Å²) in [5.74, 6) is 0.132. The van der Waals surface area contributed by atoms with Crippen LogP contribution in [0.1, 0.15) is 29.1 Å². The molecule has 1 atom stereocenters. The van der Waals surface area contributed by atoms with Crippen molar-refractivity contribution >= 4 is 27.8 Å². The predicted molar refractivity (Wildman–Crippen MR) is 94.6 cm³/mol. The number of carbonyl (C=O) groups excluding carboxylic acids is 1. The van der Waals surface area contributed by atoms with Crippen LogP contribution in [-0.4, -0.2) is 5.91 Å². The van der Waals surface area contributed by atoms with Gasteiger partial charge in [0.1, 0.15) is 22.5 Å². The van der Waals surface area contributed by atoms with Crippen molar-refractivity contribution < 1.29 is 13.6 Å². The zero-order chi connectivity index (χ0) is 17.4. The van der Waals surface area contributed by atoms with Gasteiger partial charge < -0.3 is 14.2 Å². The monoisotopic (exact) mass is 333 g/mol. The molecule has 2 heterocycles. The standard InChI is InChI=1S/C20H15NO4/c1-12(18-11-14-7-3-4-8-16(14)24-18)21-19(22)15-10-13-6-2-5-9-17(13)25-20(15)23/h2-12H,1H3,(H,21,22)/t12-/m0/s1. The fraction of sp³-hybridized carbons (Fsp3) is 0.100. The van der Waals surface area contributed by atoms with E-state index < -0.39 is 11.5 Å². The van der Waals surface area contributed by atoms with E-state index in [4.69, 9.17) is 8.83 Å². The van der Waals surface area contributed by atoms with Crippen LogP contribution in [-0.2, 0) is 0 Å². The second-order valence-electron chi connectivity index (χ2n) is 5.87. The Kier molecular flexibility index (Phi) is 3.61. The van der Waals surface area contributed by atoms with Gasteiger partial charge in [0.15, 0.2) is 0 Å². The molecule has 5 heteroatoms. The highest BCUT2D eigenvalue weighted by atomic mass is 16.4. The van der Waals surface area contributed by atoms with E-state index in [1.165, 1.54) is 0 Å². The van der Waals surface area contributed by atoms with Gasteiger partial charge in [-0.05, 0) is 31.2 Å². The highest BCUT2D eigenvalue weighted by Gasteiger charge is 2.18. The van der Waals surface area contributed by atoms with Gasteiger partial charge in [-0.2, -0.15) is 0 Å². The van der Waals surface area contributed by atoms with Gasteiger partial charge in [0.2, 0.25) is 0 Å². The summed E-state index contributed by atoms with van der Waals surface area (Å²) in [5, 5.41) is 4.45. The number of furan rings is 1. The molecule has 0 unspecified atom stereocenters. The SMILES string of the molecule is C[C@H](NC(=O)c1cc2ccccc2oc1=O)c1cc2ccccc2o1. The van der Waals surface area contributed by atoms with E-state index in [2.05, 4.69) is 5.32 Å². The highest BCUT2D eigenvalue weighted by molar-refractivity contribution is 5.96. The highest BCUT2D eigenvalue weighted by Crippen LogP contribution is 2.23. The third kappa shape index (κ3) is 2.80. The number of para-hydroxylation sites is 2. The topological polar surface area (TPSA) is 72.5 Å². The predicted octanol–water partition coefficient (Wildman–Crippen LogP) is 4.03. The first-order valence-corrected chi connectivity index (χ1v) is 7.94. The molecule has 0 saturated carbocycles. The quantitative estimate of drug-likeness (QED) is 0.575. The number of rotatable bonds is 3. The molecular formula is C20H15NO4. The Morgan fingerprint density at radius 3 is 2.20 bits per heavy atom. The molecule has 25 heavy (non-hydrogen) atoms. The Balaban J connectivity index is 1.63. The fourth-order valence-electron chi connectivity index (χ4n) is 2.78. The summed E-state index contributed by atoms with van der Waals surface area (Å²) in [5.41, 5.74) is 0.521. The van der Waals surface area contributed by atoms with Crippen LogP contribution in [0.4, 0.5) is 0 Å². The fourth-order valence-corrected chi connectivity index (χ4v) is 2.78. The number of benzene rings is 2. The van der Waals surface area contributed by atoms with E-state index in [9.17, 15) is 9.59 Å². The van der Waals surface area contributed by atoms with Crippen molar-refractivity contribution in [2.45, 2.75) is 13.0 Å². The summed E-state index contributed by atoms with van der Waals surface area (Å²) in [7, 11) is 0. The molecule has 0 aliphatic heterocycles. The van der Waals surface area contributed by atoms with E-state index >= 15 is 0 Å². The van der Waals surface area contributed by atoms with Crippen LogP contribution in [0.5, 0.6) is 0 Å². The second-order valence-corrected chi connectivity index (χ2v) is 5.87. The van der Waals surface area contributed by atoms with Crippen LogP contribution in [0.2, 0.25) is 0 Å². The summed E-state index contributed by atoms with van der Waals surface area (Å²) in [6.45, 7) is 1.80. The van der Waals surface area contributed by atoms with E-state index in [1.54, 1.807) is 31.2 Å². The molecule has 0 radical (unpaired) electrons. The lowest BCUT2D eigenvalue weighted by Crippen LogP contribution is -2.30. The third-order valence-electron chi connectivity index (χ3n) is 4.11. The Labute approximate surface area is 142 Å². The van der Waals surface area contributed by atoms with Gasteiger partial charge in [0.25, 0.3) is 5.91 Å². The first-order chi connectivity index (χ1) is 12.1. The minimum absolute atomic E-state index is 0.0262. The molecule has 0 aliphatic carbocycles. The average Bonchev–Trinajstić information content (AvgIpc) is 3.05. The normalized spacial score (nSPS) is 12.4. The average molecular weight is 333 g/mol. The van der Waals surface area contributed by atoms with Crippen molar-refractivity contribution in [1.29, 1.82) is 0 Å². The third-order valence-corrected chi connectivity index (χ3v) is 4.11. The van der Waals surface area contributed by atoms with Gasteiger partial charge in [-0.15, -0.1) is 0 Å². The lowest BCUT2D eigenvalue weighted by Gasteiger charge is -2.11. The summed E-state index contributed by atoms with van der Waals surface area (Å²) in [6.07, 6.45) is 0. The zero-order valence-corrected chi connectivity index (χ0v) is 13.5. The number of hydrogen-bond acceptors (Lipinski definition) is 4. The van der Waals surface area contributed by atoms with Gasteiger partial charge >= 0.3 is 5.63 Å². The van der Waals surface area contributed by atoms with Crippen LogP contribution in [0.25, 0.3) is 21.9 Å². The molecule has 0 aliphatic rings. The van der Waals surface area contributed by atoms with E-state index in [1.807, 2.05) is 36.4 Å². The molecule has 0 spiro atoms. The molecule has 4 aromatic rings. The van der Waals surface area contributed by atoms with Crippen LogP contribution in [0.15, 0.2) is 74.3 Å². The van der Waals surface area contributed by atoms with Crippen LogP contribution in [0.3, 0.4) is 0 Å².